The summed E-state index contributed by atoms with van der Waals surface area (Å²) in [5, 5.41) is 3.27. The van der Waals surface area contributed by atoms with Crippen molar-refractivity contribution in [2.75, 3.05) is 5.32 Å². The van der Waals surface area contributed by atoms with Crippen molar-refractivity contribution in [3.05, 3.63) is 70.5 Å². The fourth-order valence-electron chi connectivity index (χ4n) is 4.12. The highest BCUT2D eigenvalue weighted by Gasteiger charge is 2.37. The van der Waals surface area contributed by atoms with Gasteiger partial charge < -0.3 is 14.6 Å². The van der Waals surface area contributed by atoms with Crippen LogP contribution in [0.1, 0.15) is 50.7 Å². The Labute approximate surface area is 201 Å². The Balaban J connectivity index is 1.68. The first-order valence-corrected chi connectivity index (χ1v) is 12.8. The Hall–Kier alpha value is -2.43. The number of hydrogen-bond donors (Lipinski definition) is 2. The van der Waals surface area contributed by atoms with Gasteiger partial charge in [-0.1, -0.05) is 15.9 Å². The maximum absolute atomic E-state index is 14.0. The molecule has 0 saturated heterocycles. The van der Waals surface area contributed by atoms with Gasteiger partial charge in [-0.25, -0.2) is 22.5 Å². The number of nitrogens with zero attached hydrogens (tertiary/aromatic N) is 2. The zero-order chi connectivity index (χ0) is 24.0. The third-order valence-corrected chi connectivity index (χ3v) is 7.60. The molecule has 2 atom stereocenters. The molecule has 4 rings (SSSR count). The lowest BCUT2D eigenvalue weighted by atomic mass is 9.90. The molecule has 176 valence electrons. The number of sulfonamides is 1. The average Bonchev–Trinajstić information content (AvgIpc) is 3.13. The third kappa shape index (κ3) is 5.07. The van der Waals surface area contributed by atoms with Crippen molar-refractivity contribution in [1.29, 1.82) is 0 Å². The lowest BCUT2D eigenvalue weighted by Crippen LogP contribution is -2.41. The molecule has 1 aliphatic rings. The van der Waals surface area contributed by atoms with Gasteiger partial charge in [0.1, 0.15) is 27.9 Å². The molecular formula is C23H26BrFN4O3S. The first-order valence-electron chi connectivity index (χ1n) is 10.5. The lowest BCUT2D eigenvalue weighted by molar-refractivity contribution is 0.0699. The van der Waals surface area contributed by atoms with Crippen LogP contribution in [0.4, 0.5) is 10.1 Å². The molecule has 0 amide bonds. The molecule has 0 saturated carbocycles. The van der Waals surface area contributed by atoms with Gasteiger partial charge in [0, 0.05) is 35.9 Å². The minimum Gasteiger partial charge on any atom is -0.487 e. The zero-order valence-corrected chi connectivity index (χ0v) is 21.2. The van der Waals surface area contributed by atoms with Crippen molar-refractivity contribution in [2.45, 2.75) is 49.8 Å². The summed E-state index contributed by atoms with van der Waals surface area (Å²) in [6.45, 7) is 5.66. The Morgan fingerprint density at radius 3 is 2.73 bits per heavy atom. The van der Waals surface area contributed by atoms with E-state index in [1.807, 2.05) is 38.6 Å². The van der Waals surface area contributed by atoms with E-state index in [9.17, 15) is 12.8 Å². The number of imidazole rings is 1. The molecule has 0 radical (unpaired) electrons. The summed E-state index contributed by atoms with van der Waals surface area (Å²) in [6.07, 6.45) is 3.87. The molecule has 7 nitrogen and oxygen atoms in total. The van der Waals surface area contributed by atoms with Gasteiger partial charge in [0.05, 0.1) is 17.8 Å². The van der Waals surface area contributed by atoms with Gasteiger partial charge in [-0.15, -0.1) is 0 Å². The molecule has 1 aliphatic heterocycles. The van der Waals surface area contributed by atoms with Crippen molar-refractivity contribution in [2.24, 2.45) is 7.05 Å². The molecule has 2 aromatic carbocycles. The van der Waals surface area contributed by atoms with Crippen LogP contribution in [0.25, 0.3) is 0 Å². The van der Waals surface area contributed by atoms with Crippen LogP contribution >= 0.6 is 15.9 Å². The molecule has 2 N–H and O–H groups in total. The van der Waals surface area contributed by atoms with Gasteiger partial charge in [-0.3, -0.25) is 0 Å². The number of ether oxygens (including phenoxy) is 1. The highest BCUT2D eigenvalue weighted by Crippen LogP contribution is 2.41. The standard InChI is InChI=1S/C23H26BrFN4O3S/c1-14(22-26-9-10-29(22)4)27-18-11-15(24)5-8-21(18)33(30,31)28-19-13-23(2,3)32-20-7-6-16(25)12-17(19)20/h5-12,14,19,27-28H,13H2,1-4H3. The Bertz CT molecular complexity index is 1290. The fraction of sp³-hybridized carbons (Fsp3) is 0.348. The Morgan fingerprint density at radius 1 is 1.27 bits per heavy atom. The van der Waals surface area contributed by atoms with Gasteiger partial charge in [0.25, 0.3) is 0 Å². The minimum atomic E-state index is -3.98. The Kier molecular flexibility index (Phi) is 6.28. The molecule has 0 bridgehead atoms. The van der Waals surface area contributed by atoms with Crippen LogP contribution in [0.2, 0.25) is 0 Å². The van der Waals surface area contributed by atoms with Gasteiger partial charge >= 0.3 is 0 Å². The molecule has 33 heavy (non-hydrogen) atoms. The number of rotatable bonds is 6. The monoisotopic (exact) mass is 536 g/mol. The van der Waals surface area contributed by atoms with E-state index in [0.29, 0.717) is 23.4 Å². The second-order valence-electron chi connectivity index (χ2n) is 8.82. The number of aromatic nitrogens is 2. The predicted octanol–water partition coefficient (Wildman–Crippen LogP) is 5.08. The maximum Gasteiger partial charge on any atom is 0.243 e. The summed E-state index contributed by atoms with van der Waals surface area (Å²) in [4.78, 5) is 4.43. The van der Waals surface area contributed by atoms with Crippen LogP contribution in [0, 0.1) is 5.82 Å². The van der Waals surface area contributed by atoms with Crippen LogP contribution in [0.3, 0.4) is 0 Å². The highest BCUT2D eigenvalue weighted by molar-refractivity contribution is 9.10. The summed E-state index contributed by atoms with van der Waals surface area (Å²) in [6, 6.07) is 8.20. The van der Waals surface area contributed by atoms with E-state index in [0.717, 1.165) is 10.3 Å². The Morgan fingerprint density at radius 2 is 2.03 bits per heavy atom. The summed E-state index contributed by atoms with van der Waals surface area (Å²) in [5.74, 6) is 0.788. The SMILES string of the molecule is CC(Nc1cc(Br)ccc1S(=O)(=O)NC1CC(C)(C)Oc2ccc(F)cc21)c1nccn1C. The van der Waals surface area contributed by atoms with Crippen LogP contribution < -0.4 is 14.8 Å². The van der Waals surface area contributed by atoms with Crippen LogP contribution in [-0.2, 0) is 17.1 Å². The highest BCUT2D eigenvalue weighted by atomic mass is 79.9. The third-order valence-electron chi connectivity index (χ3n) is 5.58. The molecule has 10 heteroatoms. The summed E-state index contributed by atoms with van der Waals surface area (Å²) < 4.78 is 52.4. The number of hydrogen-bond acceptors (Lipinski definition) is 5. The lowest BCUT2D eigenvalue weighted by Gasteiger charge is -2.37. The van der Waals surface area contributed by atoms with Crippen molar-refractivity contribution >= 4 is 31.6 Å². The van der Waals surface area contributed by atoms with Crippen LogP contribution in [-0.4, -0.2) is 23.6 Å². The maximum atomic E-state index is 14.0. The van der Waals surface area contributed by atoms with E-state index in [1.54, 1.807) is 18.3 Å². The van der Waals surface area contributed by atoms with Crippen molar-refractivity contribution in [1.82, 2.24) is 14.3 Å². The minimum absolute atomic E-state index is 0.0917. The van der Waals surface area contributed by atoms with E-state index in [4.69, 9.17) is 4.74 Å². The molecule has 0 fully saturated rings. The quantitative estimate of drug-likeness (QED) is 0.459. The second-order valence-corrected chi connectivity index (χ2v) is 11.4. The number of nitrogens with one attached hydrogen (secondary N) is 2. The molecule has 2 unspecified atom stereocenters. The van der Waals surface area contributed by atoms with Gasteiger partial charge in [0.15, 0.2) is 0 Å². The van der Waals surface area contributed by atoms with Gasteiger partial charge in [-0.2, -0.15) is 0 Å². The van der Waals surface area contributed by atoms with E-state index in [-0.39, 0.29) is 10.9 Å². The van der Waals surface area contributed by atoms with Crippen LogP contribution in [0.15, 0.2) is 58.2 Å². The predicted molar refractivity (Wildman–Crippen MR) is 128 cm³/mol. The number of fused-ring (bicyclic) bond motifs is 1. The van der Waals surface area contributed by atoms with Gasteiger partial charge in [0.2, 0.25) is 10.0 Å². The van der Waals surface area contributed by atoms with Crippen molar-refractivity contribution in [3.63, 3.8) is 0 Å². The number of anilines is 1. The second kappa shape index (κ2) is 8.73. The smallest absolute Gasteiger partial charge is 0.243 e. The van der Waals surface area contributed by atoms with Crippen LogP contribution in [0.5, 0.6) is 5.75 Å². The summed E-state index contributed by atoms with van der Waals surface area (Å²) in [7, 11) is -2.10. The average molecular weight is 537 g/mol. The fourth-order valence-corrected chi connectivity index (χ4v) is 5.85. The van der Waals surface area contributed by atoms with Gasteiger partial charge in [-0.05, 0) is 57.2 Å². The first-order chi connectivity index (χ1) is 15.4. The van der Waals surface area contributed by atoms with E-state index >= 15 is 0 Å². The number of benzene rings is 2. The summed E-state index contributed by atoms with van der Waals surface area (Å²) >= 11 is 3.42. The first kappa shape index (κ1) is 23.7. The van der Waals surface area contributed by atoms with Crippen molar-refractivity contribution in [3.8, 4) is 5.75 Å². The molecule has 0 spiro atoms. The topological polar surface area (TPSA) is 85.2 Å². The molecular weight excluding hydrogens is 511 g/mol. The summed E-state index contributed by atoms with van der Waals surface area (Å²) in [5.41, 5.74) is 0.287. The molecule has 0 aliphatic carbocycles. The van der Waals surface area contributed by atoms with Crippen molar-refractivity contribution < 1.29 is 17.5 Å². The molecule has 1 aromatic heterocycles. The van der Waals surface area contributed by atoms with E-state index < -0.39 is 27.5 Å². The number of aryl methyl sites for hydroxylation is 1. The normalized spacial score (nSPS) is 18.3. The van der Waals surface area contributed by atoms with E-state index in [1.165, 1.54) is 24.3 Å². The number of halogens is 2. The molecule has 3 aromatic rings. The zero-order valence-electron chi connectivity index (χ0n) is 18.8. The molecule has 2 heterocycles. The largest absolute Gasteiger partial charge is 0.487 e. The van der Waals surface area contributed by atoms with E-state index in [2.05, 4.69) is 31.0 Å².